The molecule has 0 spiro atoms. The topological polar surface area (TPSA) is 71.0 Å². The van der Waals surface area contributed by atoms with E-state index in [0.29, 0.717) is 56.6 Å². The first-order chi connectivity index (χ1) is 18.1. The number of hydrogen-bond donors (Lipinski definition) is 1. The smallest absolute Gasteiger partial charge is 0.350 e. The van der Waals surface area contributed by atoms with Gasteiger partial charge in [-0.2, -0.15) is 13.2 Å². The van der Waals surface area contributed by atoms with E-state index in [2.05, 4.69) is 25.2 Å². The lowest BCUT2D eigenvalue weighted by Gasteiger charge is -2.35. The van der Waals surface area contributed by atoms with Crippen LogP contribution in [0, 0.1) is 6.92 Å². The van der Waals surface area contributed by atoms with Gasteiger partial charge in [0.1, 0.15) is 11.5 Å². The first-order valence-electron chi connectivity index (χ1n) is 13.3. The number of aromatic nitrogens is 3. The van der Waals surface area contributed by atoms with E-state index in [0.717, 1.165) is 36.3 Å². The second kappa shape index (κ2) is 12.3. The molecule has 3 heterocycles. The molecule has 0 radical (unpaired) electrons. The summed E-state index contributed by atoms with van der Waals surface area (Å²) < 4.78 is 53.2. The van der Waals surface area contributed by atoms with Crippen LogP contribution in [0.25, 0.3) is 6.08 Å². The van der Waals surface area contributed by atoms with Crippen molar-refractivity contribution in [2.24, 2.45) is 0 Å². The Bertz CT molecular complexity index is 1110. The molecule has 1 saturated carbocycles. The van der Waals surface area contributed by atoms with Crippen molar-refractivity contribution in [3.8, 4) is 0 Å². The molecule has 1 N–H and O–H groups in total. The minimum atomic E-state index is -4.19. The molecule has 2 aromatic rings. The molecule has 1 aliphatic heterocycles. The number of carbonyl (C=O) groups is 1. The fourth-order valence-electron chi connectivity index (χ4n) is 5.10. The van der Waals surface area contributed by atoms with Gasteiger partial charge in [0.2, 0.25) is 5.91 Å². The zero-order valence-electron chi connectivity index (χ0n) is 21.7. The van der Waals surface area contributed by atoms with Gasteiger partial charge in [-0.1, -0.05) is 6.07 Å². The number of alkyl halides is 4. The molecule has 1 fully saturated rings. The largest absolute Gasteiger partial charge is 0.389 e. The number of pyridine rings is 1. The summed E-state index contributed by atoms with van der Waals surface area (Å²) >= 11 is 0. The van der Waals surface area contributed by atoms with Gasteiger partial charge in [-0.05, 0) is 69.6 Å². The second-order valence-electron chi connectivity index (χ2n) is 10.4. The van der Waals surface area contributed by atoms with Gasteiger partial charge in [0, 0.05) is 73.9 Å². The van der Waals surface area contributed by atoms with E-state index in [-0.39, 0.29) is 18.4 Å². The van der Waals surface area contributed by atoms with Crippen molar-refractivity contribution >= 4 is 12.0 Å². The van der Waals surface area contributed by atoms with E-state index in [4.69, 9.17) is 0 Å². The molecule has 38 heavy (non-hydrogen) atoms. The Hall–Kier alpha value is -2.88. The Morgan fingerprint density at radius 3 is 2.58 bits per heavy atom. The van der Waals surface area contributed by atoms with E-state index in [1.165, 1.54) is 6.08 Å². The third-order valence-corrected chi connectivity index (χ3v) is 7.49. The maximum absolute atomic E-state index is 15.6. The Morgan fingerprint density at radius 1 is 1.16 bits per heavy atom. The van der Waals surface area contributed by atoms with Crippen LogP contribution >= 0.6 is 0 Å². The minimum absolute atomic E-state index is 0.0457. The van der Waals surface area contributed by atoms with E-state index in [1.54, 1.807) is 31.5 Å². The SMILES string of the molecule is Cc1ncc(C=CC(=O)NC2CCC(F)(CCN3CCc4ccc(CCC(F)(F)F)nc4CC3)CC2)cn1. The van der Waals surface area contributed by atoms with Crippen LogP contribution in [0.1, 0.15) is 66.9 Å². The van der Waals surface area contributed by atoms with Gasteiger partial charge in [0.05, 0.1) is 0 Å². The summed E-state index contributed by atoms with van der Waals surface area (Å²) in [4.78, 5) is 27.2. The lowest BCUT2D eigenvalue weighted by molar-refractivity contribution is -0.134. The summed E-state index contributed by atoms with van der Waals surface area (Å²) in [5.41, 5.74) is 1.89. The number of hydrogen-bond acceptors (Lipinski definition) is 5. The van der Waals surface area contributed by atoms with E-state index >= 15 is 4.39 Å². The van der Waals surface area contributed by atoms with Gasteiger partial charge in [0.15, 0.2) is 0 Å². The average molecular weight is 534 g/mol. The highest BCUT2D eigenvalue weighted by molar-refractivity contribution is 5.91. The van der Waals surface area contributed by atoms with Crippen molar-refractivity contribution in [3.63, 3.8) is 0 Å². The second-order valence-corrected chi connectivity index (χ2v) is 10.4. The summed E-state index contributed by atoms with van der Waals surface area (Å²) in [5, 5.41) is 2.97. The molecular weight excluding hydrogens is 498 g/mol. The van der Waals surface area contributed by atoms with Gasteiger partial charge < -0.3 is 10.2 Å². The van der Waals surface area contributed by atoms with E-state index < -0.39 is 18.3 Å². The van der Waals surface area contributed by atoms with E-state index in [9.17, 15) is 18.0 Å². The number of fused-ring (bicyclic) bond motifs is 1. The van der Waals surface area contributed by atoms with Crippen LogP contribution in [0.2, 0.25) is 0 Å². The number of halogens is 4. The zero-order valence-corrected chi connectivity index (χ0v) is 21.7. The molecule has 10 heteroatoms. The van der Waals surface area contributed by atoms with Crippen molar-refractivity contribution < 1.29 is 22.4 Å². The van der Waals surface area contributed by atoms with Crippen molar-refractivity contribution in [1.82, 2.24) is 25.2 Å². The Labute approximate surface area is 221 Å². The van der Waals surface area contributed by atoms with Crippen LogP contribution < -0.4 is 5.32 Å². The van der Waals surface area contributed by atoms with Crippen LogP contribution in [0.4, 0.5) is 17.6 Å². The Kier molecular flexibility index (Phi) is 9.12. The monoisotopic (exact) mass is 533 g/mol. The van der Waals surface area contributed by atoms with Crippen LogP contribution in [0.5, 0.6) is 0 Å². The van der Waals surface area contributed by atoms with Crippen molar-refractivity contribution in [1.29, 1.82) is 0 Å². The molecule has 0 unspecified atom stereocenters. The molecular formula is C28H35F4N5O. The third kappa shape index (κ3) is 8.58. The molecule has 1 aliphatic carbocycles. The Morgan fingerprint density at radius 2 is 1.87 bits per heavy atom. The van der Waals surface area contributed by atoms with Crippen molar-refractivity contribution in [3.05, 3.63) is 58.9 Å². The summed E-state index contributed by atoms with van der Waals surface area (Å²) in [7, 11) is 0. The normalized spacial score (nSPS) is 22.7. The van der Waals surface area contributed by atoms with Gasteiger partial charge in [-0.3, -0.25) is 9.78 Å². The molecule has 4 rings (SSSR count). The number of rotatable bonds is 8. The summed E-state index contributed by atoms with van der Waals surface area (Å²) in [6.07, 6.45) is 5.12. The van der Waals surface area contributed by atoms with Crippen LogP contribution in [-0.4, -0.2) is 63.3 Å². The number of amides is 1. The van der Waals surface area contributed by atoms with Crippen LogP contribution in [0.3, 0.4) is 0 Å². The summed E-state index contributed by atoms with van der Waals surface area (Å²) in [6.45, 7) is 3.92. The van der Waals surface area contributed by atoms with Gasteiger partial charge in [-0.15, -0.1) is 0 Å². The molecule has 206 valence electrons. The van der Waals surface area contributed by atoms with Gasteiger partial charge in [0.25, 0.3) is 0 Å². The number of nitrogens with zero attached hydrogens (tertiary/aromatic N) is 4. The standard InChI is InChI=1S/C28H35F4N5O/c1-20-33-18-21(19-34-20)2-5-26(38)36-24-6-11-27(29,12-7-24)14-17-37-15-9-22-3-4-23(8-13-28(30,31)32)35-25(22)10-16-37/h2-5,18-19,24H,6-17H2,1H3,(H,36,38). The highest BCUT2D eigenvalue weighted by atomic mass is 19.4. The highest BCUT2D eigenvalue weighted by Gasteiger charge is 2.36. The van der Waals surface area contributed by atoms with E-state index in [1.807, 2.05) is 6.07 Å². The van der Waals surface area contributed by atoms with Crippen molar-refractivity contribution in [2.75, 3.05) is 19.6 Å². The average Bonchev–Trinajstić information content (AvgIpc) is 3.09. The molecule has 0 saturated heterocycles. The number of aryl methyl sites for hydroxylation is 2. The molecule has 0 bridgehead atoms. The summed E-state index contributed by atoms with van der Waals surface area (Å²) in [6, 6.07) is 3.55. The van der Waals surface area contributed by atoms with Crippen LogP contribution in [-0.2, 0) is 24.1 Å². The number of nitrogens with one attached hydrogen (secondary N) is 1. The maximum Gasteiger partial charge on any atom is 0.389 e. The molecule has 2 aliphatic rings. The number of carbonyl (C=O) groups excluding carboxylic acids is 1. The maximum atomic E-state index is 15.6. The zero-order chi connectivity index (χ0) is 27.2. The van der Waals surface area contributed by atoms with Crippen LogP contribution in [0.15, 0.2) is 30.6 Å². The fraction of sp³-hybridized carbons (Fsp3) is 0.571. The fourth-order valence-corrected chi connectivity index (χ4v) is 5.10. The highest BCUT2D eigenvalue weighted by Crippen LogP contribution is 2.35. The molecule has 0 aromatic carbocycles. The molecule has 6 nitrogen and oxygen atoms in total. The molecule has 1 amide bonds. The predicted molar refractivity (Wildman–Crippen MR) is 137 cm³/mol. The third-order valence-electron chi connectivity index (χ3n) is 7.49. The minimum Gasteiger partial charge on any atom is -0.350 e. The molecule has 0 atom stereocenters. The molecule has 2 aromatic heterocycles. The lowest BCUT2D eigenvalue weighted by atomic mass is 9.81. The van der Waals surface area contributed by atoms with Crippen molar-refractivity contribution in [2.45, 2.75) is 82.6 Å². The quantitative estimate of drug-likeness (QED) is 0.384. The lowest BCUT2D eigenvalue weighted by Crippen LogP contribution is -2.42. The first-order valence-corrected chi connectivity index (χ1v) is 13.3. The van der Waals surface area contributed by atoms with Gasteiger partial charge >= 0.3 is 6.18 Å². The van der Waals surface area contributed by atoms with Gasteiger partial charge in [-0.25, -0.2) is 14.4 Å². The predicted octanol–water partition coefficient (Wildman–Crippen LogP) is 4.95. The first kappa shape index (κ1) is 28.1. The summed E-state index contributed by atoms with van der Waals surface area (Å²) in [5.74, 6) is 0.458. The Balaban J connectivity index is 1.19.